The van der Waals surface area contributed by atoms with Gasteiger partial charge in [-0.2, -0.15) is 0 Å². The van der Waals surface area contributed by atoms with E-state index in [-0.39, 0.29) is 17.4 Å². The molecule has 0 spiro atoms. The van der Waals surface area contributed by atoms with Gasteiger partial charge in [0.25, 0.3) is 0 Å². The van der Waals surface area contributed by atoms with Crippen LogP contribution in [-0.4, -0.2) is 47.1 Å². The molecule has 1 atom stereocenters. The van der Waals surface area contributed by atoms with E-state index < -0.39 is 5.97 Å². The Morgan fingerprint density at radius 1 is 1.44 bits per heavy atom. The summed E-state index contributed by atoms with van der Waals surface area (Å²) in [5.41, 5.74) is -0.195. The summed E-state index contributed by atoms with van der Waals surface area (Å²) in [7, 11) is 0. The van der Waals surface area contributed by atoms with Crippen molar-refractivity contribution in [1.82, 2.24) is 10.2 Å². The average Bonchev–Trinajstić information content (AvgIpc) is 2.28. The Kier molecular flexibility index (Phi) is 5.14. The largest absolute Gasteiger partial charge is 0.481 e. The first-order valence-corrected chi connectivity index (χ1v) is 6.60. The van der Waals surface area contributed by atoms with Gasteiger partial charge in [0.2, 0.25) is 5.91 Å². The Balaban J connectivity index is 2.42. The summed E-state index contributed by atoms with van der Waals surface area (Å²) >= 11 is 0. The van der Waals surface area contributed by atoms with Gasteiger partial charge in [-0.3, -0.25) is 14.5 Å². The van der Waals surface area contributed by atoms with Gasteiger partial charge in [0.05, 0.1) is 12.5 Å². The van der Waals surface area contributed by atoms with Gasteiger partial charge in [-0.1, -0.05) is 6.92 Å². The third kappa shape index (κ3) is 4.64. The molecule has 1 rings (SSSR count). The number of hydrogen-bond donors (Lipinski definition) is 2. The van der Waals surface area contributed by atoms with Gasteiger partial charge in [0, 0.05) is 12.1 Å². The molecule has 1 aliphatic heterocycles. The highest BCUT2D eigenvalue weighted by molar-refractivity contribution is 5.79. The maximum absolute atomic E-state index is 11.9. The molecule has 0 aromatic rings. The summed E-state index contributed by atoms with van der Waals surface area (Å²) in [5.74, 6) is -1.10. The quantitative estimate of drug-likeness (QED) is 0.772. The molecule has 1 amide bonds. The fraction of sp³-hybridized carbons (Fsp3) is 0.846. The molecule has 5 heteroatoms. The molecule has 5 nitrogen and oxygen atoms in total. The van der Waals surface area contributed by atoms with Gasteiger partial charge in [-0.15, -0.1) is 0 Å². The molecule has 1 fully saturated rings. The van der Waals surface area contributed by atoms with Crippen LogP contribution in [0.1, 0.15) is 40.0 Å². The highest BCUT2D eigenvalue weighted by atomic mass is 16.4. The zero-order chi connectivity index (χ0) is 13.8. The van der Waals surface area contributed by atoms with Crippen LogP contribution in [-0.2, 0) is 9.59 Å². The van der Waals surface area contributed by atoms with Crippen LogP contribution in [0.3, 0.4) is 0 Å². The molecule has 104 valence electrons. The highest BCUT2D eigenvalue weighted by Gasteiger charge is 2.27. The summed E-state index contributed by atoms with van der Waals surface area (Å²) in [6.07, 6.45) is 2.44. The number of carboxylic acid groups (broad SMARTS) is 1. The molecule has 0 bridgehead atoms. The number of amides is 1. The van der Waals surface area contributed by atoms with Crippen LogP contribution in [0, 0.1) is 5.92 Å². The van der Waals surface area contributed by atoms with Crippen molar-refractivity contribution in [2.24, 2.45) is 5.92 Å². The van der Waals surface area contributed by atoms with Gasteiger partial charge in [0.1, 0.15) is 0 Å². The second-order valence-corrected chi connectivity index (χ2v) is 5.70. The topological polar surface area (TPSA) is 69.6 Å². The first kappa shape index (κ1) is 15.0. The lowest BCUT2D eigenvalue weighted by Crippen LogP contribution is -2.49. The number of nitrogens with zero attached hydrogens (tertiary/aromatic N) is 1. The third-order valence-electron chi connectivity index (χ3n) is 3.58. The Morgan fingerprint density at radius 3 is 2.67 bits per heavy atom. The molecule has 0 saturated carbocycles. The summed E-state index contributed by atoms with van der Waals surface area (Å²) in [4.78, 5) is 24.7. The minimum Gasteiger partial charge on any atom is -0.481 e. The maximum atomic E-state index is 11.9. The lowest BCUT2D eigenvalue weighted by atomic mass is 9.98. The monoisotopic (exact) mass is 256 g/mol. The van der Waals surface area contributed by atoms with Gasteiger partial charge in [0.15, 0.2) is 0 Å². The van der Waals surface area contributed by atoms with Crippen molar-refractivity contribution in [1.29, 1.82) is 0 Å². The molecular formula is C13H24N2O3. The molecule has 1 unspecified atom stereocenters. The molecule has 18 heavy (non-hydrogen) atoms. The predicted octanol–water partition coefficient (Wildman–Crippen LogP) is 1.09. The van der Waals surface area contributed by atoms with Crippen molar-refractivity contribution in [3.8, 4) is 0 Å². The van der Waals surface area contributed by atoms with E-state index in [0.717, 1.165) is 19.4 Å². The summed E-state index contributed by atoms with van der Waals surface area (Å²) in [6, 6.07) is 0. The van der Waals surface area contributed by atoms with E-state index in [4.69, 9.17) is 5.11 Å². The Morgan fingerprint density at radius 2 is 2.11 bits per heavy atom. The molecule has 1 heterocycles. The standard InChI is InChI=1S/C13H24N2O3/c1-4-13(2,3)14-11(16)9-15-7-5-6-10(8-15)12(17)18/h10H,4-9H2,1-3H3,(H,14,16)(H,17,18). The van der Waals surface area contributed by atoms with E-state index >= 15 is 0 Å². The van der Waals surface area contributed by atoms with E-state index in [0.29, 0.717) is 19.5 Å². The molecule has 0 aromatic carbocycles. The van der Waals surface area contributed by atoms with Crippen LogP contribution in [0.25, 0.3) is 0 Å². The zero-order valence-corrected chi connectivity index (χ0v) is 11.5. The first-order valence-electron chi connectivity index (χ1n) is 6.60. The van der Waals surface area contributed by atoms with Crippen LogP contribution in [0.2, 0.25) is 0 Å². The number of carbonyl (C=O) groups is 2. The number of hydrogen-bond acceptors (Lipinski definition) is 3. The summed E-state index contributed by atoms with van der Waals surface area (Å²) in [6.45, 7) is 7.59. The number of carboxylic acids is 1. The maximum Gasteiger partial charge on any atom is 0.307 e. The number of likely N-dealkylation sites (tertiary alicyclic amines) is 1. The van der Waals surface area contributed by atoms with Crippen LogP contribution < -0.4 is 5.32 Å². The Labute approximate surface area is 109 Å². The van der Waals surface area contributed by atoms with Crippen LogP contribution in [0.4, 0.5) is 0 Å². The fourth-order valence-electron chi connectivity index (χ4n) is 2.11. The third-order valence-corrected chi connectivity index (χ3v) is 3.58. The molecule has 0 aliphatic carbocycles. The molecule has 1 aliphatic rings. The smallest absolute Gasteiger partial charge is 0.307 e. The van der Waals surface area contributed by atoms with E-state index in [1.54, 1.807) is 0 Å². The van der Waals surface area contributed by atoms with Gasteiger partial charge in [-0.25, -0.2) is 0 Å². The number of carbonyl (C=O) groups excluding carboxylic acids is 1. The fourth-order valence-corrected chi connectivity index (χ4v) is 2.11. The number of rotatable bonds is 5. The van der Waals surface area contributed by atoms with Crippen molar-refractivity contribution in [2.45, 2.75) is 45.6 Å². The van der Waals surface area contributed by atoms with Crippen LogP contribution in [0.5, 0.6) is 0 Å². The second-order valence-electron chi connectivity index (χ2n) is 5.70. The first-order chi connectivity index (χ1) is 8.34. The molecule has 0 aromatic heterocycles. The van der Waals surface area contributed by atoms with Crippen LogP contribution in [0.15, 0.2) is 0 Å². The van der Waals surface area contributed by atoms with E-state index in [1.807, 2.05) is 25.7 Å². The SMILES string of the molecule is CCC(C)(C)NC(=O)CN1CCCC(C(=O)O)C1. The van der Waals surface area contributed by atoms with Crippen LogP contribution >= 0.6 is 0 Å². The van der Waals surface area contributed by atoms with E-state index in [1.165, 1.54) is 0 Å². The highest BCUT2D eigenvalue weighted by Crippen LogP contribution is 2.16. The Hall–Kier alpha value is -1.10. The summed E-state index contributed by atoms with van der Waals surface area (Å²) in [5, 5.41) is 12.0. The minimum absolute atomic E-state index is 0.0205. The Bertz CT molecular complexity index is 315. The van der Waals surface area contributed by atoms with Crippen molar-refractivity contribution >= 4 is 11.9 Å². The molecule has 1 saturated heterocycles. The van der Waals surface area contributed by atoms with Gasteiger partial charge in [-0.05, 0) is 39.7 Å². The normalized spacial score (nSPS) is 21.6. The van der Waals surface area contributed by atoms with Gasteiger partial charge < -0.3 is 10.4 Å². The minimum atomic E-state index is -0.756. The molecule has 2 N–H and O–H groups in total. The van der Waals surface area contributed by atoms with Crippen molar-refractivity contribution < 1.29 is 14.7 Å². The predicted molar refractivity (Wildman–Crippen MR) is 69.3 cm³/mol. The van der Waals surface area contributed by atoms with Crippen molar-refractivity contribution in [3.05, 3.63) is 0 Å². The van der Waals surface area contributed by atoms with E-state index in [2.05, 4.69) is 5.32 Å². The molecule has 0 radical (unpaired) electrons. The van der Waals surface area contributed by atoms with E-state index in [9.17, 15) is 9.59 Å². The molecular weight excluding hydrogens is 232 g/mol. The number of piperidine rings is 1. The van der Waals surface area contributed by atoms with Gasteiger partial charge >= 0.3 is 5.97 Å². The summed E-state index contributed by atoms with van der Waals surface area (Å²) < 4.78 is 0. The average molecular weight is 256 g/mol. The second kappa shape index (κ2) is 6.18. The zero-order valence-electron chi connectivity index (χ0n) is 11.5. The van der Waals surface area contributed by atoms with Crippen molar-refractivity contribution in [2.75, 3.05) is 19.6 Å². The number of nitrogens with one attached hydrogen (secondary N) is 1. The van der Waals surface area contributed by atoms with Crippen molar-refractivity contribution in [3.63, 3.8) is 0 Å². The number of aliphatic carboxylic acids is 1. The lowest BCUT2D eigenvalue weighted by Gasteiger charge is -2.31. The lowest BCUT2D eigenvalue weighted by molar-refractivity contribution is -0.144.